The Labute approximate surface area is 183 Å². The third-order valence-electron chi connectivity index (χ3n) is 7.45. The fraction of sp³-hybridized carbons (Fsp3) is 0.652. The van der Waals surface area contributed by atoms with Crippen molar-refractivity contribution in [2.45, 2.75) is 57.0 Å². The van der Waals surface area contributed by atoms with Crippen molar-refractivity contribution in [1.29, 1.82) is 0 Å². The molecule has 31 heavy (non-hydrogen) atoms. The molecule has 0 atom stereocenters. The predicted molar refractivity (Wildman–Crippen MR) is 116 cm³/mol. The zero-order chi connectivity index (χ0) is 20.8. The number of piperazine rings is 1. The van der Waals surface area contributed by atoms with Crippen molar-refractivity contribution >= 4 is 5.91 Å². The predicted octanol–water partition coefficient (Wildman–Crippen LogP) is 1.59. The van der Waals surface area contributed by atoms with E-state index in [0.717, 1.165) is 68.9 Å². The summed E-state index contributed by atoms with van der Waals surface area (Å²) < 4.78 is 1.85. The second kappa shape index (κ2) is 7.98. The molecule has 0 aromatic carbocycles. The minimum Gasteiger partial charge on any atom is -0.339 e. The lowest BCUT2D eigenvalue weighted by Crippen LogP contribution is -2.55. The van der Waals surface area contributed by atoms with Crippen molar-refractivity contribution in [3.05, 3.63) is 35.3 Å². The van der Waals surface area contributed by atoms with Gasteiger partial charge in [0, 0.05) is 69.4 Å². The van der Waals surface area contributed by atoms with E-state index in [-0.39, 0.29) is 5.91 Å². The molecule has 2 aromatic heterocycles. The zero-order valence-corrected chi connectivity index (χ0v) is 18.1. The number of rotatable bonds is 5. The van der Waals surface area contributed by atoms with Gasteiger partial charge in [-0.05, 0) is 37.8 Å². The molecule has 6 rings (SSSR count). The maximum absolute atomic E-state index is 12.9. The fourth-order valence-corrected chi connectivity index (χ4v) is 5.06. The van der Waals surface area contributed by atoms with Crippen molar-refractivity contribution < 1.29 is 4.79 Å². The summed E-state index contributed by atoms with van der Waals surface area (Å²) in [7, 11) is 0. The summed E-state index contributed by atoms with van der Waals surface area (Å²) in [5.41, 5.74) is 3.41. The van der Waals surface area contributed by atoms with Crippen LogP contribution in [0.1, 0.15) is 55.0 Å². The summed E-state index contributed by atoms with van der Waals surface area (Å²) in [4.78, 5) is 19.8. The average Bonchev–Trinajstić information content (AvgIpc) is 3.52. The Kier molecular flexibility index (Phi) is 4.99. The van der Waals surface area contributed by atoms with Crippen LogP contribution in [0.15, 0.2) is 18.3 Å². The summed E-state index contributed by atoms with van der Waals surface area (Å²) in [6.07, 6.45) is 9.45. The van der Waals surface area contributed by atoms with Gasteiger partial charge in [0.05, 0.1) is 17.9 Å². The molecular formula is C23H31N7O. The minimum absolute atomic E-state index is 0.269. The van der Waals surface area contributed by atoms with E-state index < -0.39 is 0 Å². The van der Waals surface area contributed by atoms with Crippen LogP contribution in [0.25, 0.3) is 5.82 Å². The Morgan fingerprint density at radius 2 is 1.84 bits per heavy atom. The largest absolute Gasteiger partial charge is 0.339 e. The lowest BCUT2D eigenvalue weighted by Gasteiger charge is -2.43. The van der Waals surface area contributed by atoms with E-state index in [1.54, 1.807) is 0 Å². The van der Waals surface area contributed by atoms with E-state index in [2.05, 4.69) is 37.2 Å². The Balaban J connectivity index is 1.05. The SMILES string of the molecule is O=C(CN1CCc2nn(-c3ccc(C4CC4)nn3)cc2C1)N1CCN(C2CCC2)CC1. The number of fused-ring (bicyclic) bond motifs is 1. The molecular weight excluding hydrogens is 390 g/mol. The van der Waals surface area contributed by atoms with Crippen LogP contribution in [0.5, 0.6) is 0 Å². The Morgan fingerprint density at radius 3 is 2.52 bits per heavy atom. The van der Waals surface area contributed by atoms with Crippen LogP contribution < -0.4 is 0 Å². The highest BCUT2D eigenvalue weighted by Crippen LogP contribution is 2.38. The molecule has 4 heterocycles. The molecule has 0 bridgehead atoms. The molecule has 0 unspecified atom stereocenters. The first-order valence-electron chi connectivity index (χ1n) is 11.9. The van der Waals surface area contributed by atoms with Gasteiger partial charge >= 0.3 is 0 Å². The molecule has 8 heteroatoms. The number of amides is 1. The average molecular weight is 422 g/mol. The first kappa shape index (κ1) is 19.4. The lowest BCUT2D eigenvalue weighted by molar-refractivity contribution is -0.135. The maximum Gasteiger partial charge on any atom is 0.236 e. The van der Waals surface area contributed by atoms with Gasteiger partial charge in [-0.3, -0.25) is 14.6 Å². The topological polar surface area (TPSA) is 70.4 Å². The Bertz CT molecular complexity index is 939. The number of nitrogens with zero attached hydrogens (tertiary/aromatic N) is 7. The van der Waals surface area contributed by atoms with Gasteiger partial charge in [0.25, 0.3) is 0 Å². The van der Waals surface area contributed by atoms with Gasteiger partial charge in [0.15, 0.2) is 5.82 Å². The highest BCUT2D eigenvalue weighted by molar-refractivity contribution is 5.78. The number of carbonyl (C=O) groups is 1. The van der Waals surface area contributed by atoms with Crippen molar-refractivity contribution in [3.63, 3.8) is 0 Å². The molecule has 0 radical (unpaired) electrons. The molecule has 2 saturated carbocycles. The summed E-state index contributed by atoms with van der Waals surface area (Å²) >= 11 is 0. The van der Waals surface area contributed by atoms with E-state index >= 15 is 0 Å². The van der Waals surface area contributed by atoms with E-state index in [4.69, 9.17) is 5.10 Å². The first-order valence-corrected chi connectivity index (χ1v) is 11.9. The summed E-state index contributed by atoms with van der Waals surface area (Å²) in [5.74, 6) is 1.65. The van der Waals surface area contributed by atoms with Crippen LogP contribution in [0.4, 0.5) is 0 Å². The smallest absolute Gasteiger partial charge is 0.236 e. The third-order valence-corrected chi connectivity index (χ3v) is 7.45. The molecule has 2 aliphatic heterocycles. The van der Waals surface area contributed by atoms with E-state index in [1.807, 2.05) is 10.7 Å². The second-order valence-electron chi connectivity index (χ2n) is 9.60. The molecule has 164 valence electrons. The van der Waals surface area contributed by atoms with Gasteiger partial charge in [-0.15, -0.1) is 5.10 Å². The molecule has 0 spiro atoms. The molecule has 8 nitrogen and oxygen atoms in total. The van der Waals surface area contributed by atoms with Crippen LogP contribution in [0.3, 0.4) is 0 Å². The molecule has 3 fully saturated rings. The number of hydrogen-bond acceptors (Lipinski definition) is 6. The molecule has 1 amide bonds. The highest BCUT2D eigenvalue weighted by Gasteiger charge is 2.30. The van der Waals surface area contributed by atoms with Gasteiger partial charge in [0.2, 0.25) is 5.91 Å². The van der Waals surface area contributed by atoms with Crippen LogP contribution in [0, 0.1) is 0 Å². The molecule has 2 aliphatic carbocycles. The summed E-state index contributed by atoms with van der Waals surface area (Å²) in [6, 6.07) is 4.88. The standard InChI is InChI=1S/C23H31N7O/c31-23(29-12-10-28(11-13-29)19-2-1-3-19)16-27-9-8-21-18(14-27)15-30(26-21)22-7-6-20(24-25-22)17-4-5-17/h6-7,15,17,19H,1-5,8-14,16H2. The van der Waals surface area contributed by atoms with Crippen molar-refractivity contribution in [1.82, 2.24) is 34.7 Å². The summed E-state index contributed by atoms with van der Waals surface area (Å²) in [6.45, 7) is 5.98. The van der Waals surface area contributed by atoms with Gasteiger partial charge in [0.1, 0.15) is 0 Å². The second-order valence-corrected chi connectivity index (χ2v) is 9.60. The van der Waals surface area contributed by atoms with E-state index in [1.165, 1.54) is 37.7 Å². The zero-order valence-electron chi connectivity index (χ0n) is 18.1. The highest BCUT2D eigenvalue weighted by atomic mass is 16.2. The molecule has 4 aliphatic rings. The number of carbonyl (C=O) groups excluding carboxylic acids is 1. The monoisotopic (exact) mass is 421 g/mol. The fourth-order valence-electron chi connectivity index (χ4n) is 5.06. The van der Waals surface area contributed by atoms with Gasteiger partial charge in [-0.2, -0.15) is 10.2 Å². The van der Waals surface area contributed by atoms with Crippen molar-refractivity contribution in [2.24, 2.45) is 0 Å². The lowest BCUT2D eigenvalue weighted by atomic mass is 9.91. The molecule has 0 N–H and O–H groups in total. The van der Waals surface area contributed by atoms with Crippen LogP contribution in [-0.2, 0) is 17.8 Å². The first-order chi connectivity index (χ1) is 15.2. The number of hydrogen-bond donors (Lipinski definition) is 0. The Hall–Kier alpha value is -2.32. The van der Waals surface area contributed by atoms with E-state index in [9.17, 15) is 4.79 Å². The maximum atomic E-state index is 12.9. The molecule has 1 saturated heterocycles. The van der Waals surface area contributed by atoms with Gasteiger partial charge in [-0.1, -0.05) is 6.42 Å². The Morgan fingerprint density at radius 1 is 1.00 bits per heavy atom. The number of aromatic nitrogens is 4. The van der Waals surface area contributed by atoms with Crippen molar-refractivity contribution in [3.8, 4) is 5.82 Å². The van der Waals surface area contributed by atoms with Crippen molar-refractivity contribution in [2.75, 3.05) is 39.3 Å². The quantitative estimate of drug-likeness (QED) is 0.730. The third kappa shape index (κ3) is 3.99. The van der Waals surface area contributed by atoms with Crippen LogP contribution >= 0.6 is 0 Å². The molecule has 2 aromatic rings. The summed E-state index contributed by atoms with van der Waals surface area (Å²) in [5, 5.41) is 13.5. The van der Waals surface area contributed by atoms with E-state index in [0.29, 0.717) is 12.5 Å². The van der Waals surface area contributed by atoms with Crippen LogP contribution in [-0.4, -0.2) is 85.9 Å². The van der Waals surface area contributed by atoms with Gasteiger partial charge in [-0.25, -0.2) is 4.68 Å². The minimum atomic E-state index is 0.269. The normalized spacial score (nSPS) is 22.9. The van der Waals surface area contributed by atoms with Crippen LogP contribution in [0.2, 0.25) is 0 Å². The van der Waals surface area contributed by atoms with Gasteiger partial charge < -0.3 is 4.90 Å².